The van der Waals surface area contributed by atoms with Gasteiger partial charge in [0.1, 0.15) is 17.6 Å². The lowest BCUT2D eigenvalue weighted by molar-refractivity contribution is -0.121. The molecule has 0 aliphatic carbocycles. The number of anilines is 1. The van der Waals surface area contributed by atoms with Crippen LogP contribution in [-0.4, -0.2) is 40.3 Å². The predicted octanol–water partition coefficient (Wildman–Crippen LogP) is 2.74. The second kappa shape index (κ2) is 9.54. The Morgan fingerprint density at radius 1 is 1.14 bits per heavy atom. The Kier molecular flexibility index (Phi) is 7.39. The Balaban J connectivity index is 1.97. The summed E-state index contributed by atoms with van der Waals surface area (Å²) in [6.45, 7) is 1.93. The number of halogens is 1. The molecule has 2 aromatic rings. The van der Waals surface area contributed by atoms with E-state index in [0.29, 0.717) is 30.8 Å². The maximum Gasteiger partial charge on any atom is 0.243 e. The van der Waals surface area contributed by atoms with E-state index in [-0.39, 0.29) is 11.7 Å². The normalized spacial score (nSPS) is 12.3. The van der Waals surface area contributed by atoms with Crippen LogP contribution in [0.2, 0.25) is 0 Å². The van der Waals surface area contributed by atoms with Gasteiger partial charge in [0.25, 0.3) is 0 Å². The lowest BCUT2D eigenvalue weighted by Gasteiger charge is -2.28. The van der Waals surface area contributed by atoms with Gasteiger partial charge < -0.3 is 10.1 Å². The van der Waals surface area contributed by atoms with Crippen LogP contribution in [0.3, 0.4) is 0 Å². The van der Waals surface area contributed by atoms with Crippen molar-refractivity contribution >= 4 is 21.6 Å². The fourth-order valence-corrected chi connectivity index (χ4v) is 4.02. The number of aryl methyl sites for hydroxylation is 1. The van der Waals surface area contributed by atoms with Crippen molar-refractivity contribution in [2.45, 2.75) is 25.8 Å². The van der Waals surface area contributed by atoms with Gasteiger partial charge in [-0.3, -0.25) is 9.10 Å². The SMILES string of the molecule is COc1ccc(N([C@H](C)C(=O)NCCCc2ccc(F)cc2)S(C)(=O)=O)cc1. The number of carbonyl (C=O) groups is 1. The van der Waals surface area contributed by atoms with Gasteiger partial charge in [-0.05, 0) is 61.7 Å². The largest absolute Gasteiger partial charge is 0.497 e. The van der Waals surface area contributed by atoms with E-state index in [1.165, 1.54) is 19.2 Å². The molecule has 0 aliphatic heterocycles. The van der Waals surface area contributed by atoms with Crippen molar-refractivity contribution < 1.29 is 22.3 Å². The third-order valence-electron chi connectivity index (χ3n) is 4.27. The lowest BCUT2D eigenvalue weighted by atomic mass is 10.1. The summed E-state index contributed by atoms with van der Waals surface area (Å²) in [5, 5.41) is 2.77. The van der Waals surface area contributed by atoms with E-state index >= 15 is 0 Å². The highest BCUT2D eigenvalue weighted by molar-refractivity contribution is 7.92. The van der Waals surface area contributed by atoms with Crippen LogP contribution >= 0.6 is 0 Å². The molecule has 1 N–H and O–H groups in total. The molecule has 0 fully saturated rings. The van der Waals surface area contributed by atoms with Gasteiger partial charge in [-0.15, -0.1) is 0 Å². The molecule has 0 heterocycles. The standard InChI is InChI=1S/C20H25FN2O4S/c1-15(20(24)22-14-4-5-16-6-8-17(21)9-7-16)23(28(3,25)26)18-10-12-19(27-2)13-11-18/h6-13,15H,4-5,14H2,1-3H3,(H,22,24)/t15-/m1/s1. The number of amides is 1. The molecule has 152 valence electrons. The lowest BCUT2D eigenvalue weighted by Crippen LogP contribution is -2.48. The fourth-order valence-electron chi connectivity index (χ4n) is 2.84. The molecule has 1 atom stereocenters. The molecule has 0 spiro atoms. The molecule has 0 aliphatic rings. The molecule has 0 aromatic heterocycles. The maximum atomic E-state index is 12.9. The van der Waals surface area contributed by atoms with Gasteiger partial charge in [-0.25, -0.2) is 12.8 Å². The van der Waals surface area contributed by atoms with Crippen molar-refractivity contribution in [3.05, 3.63) is 59.9 Å². The zero-order valence-electron chi connectivity index (χ0n) is 16.2. The first-order valence-electron chi connectivity index (χ1n) is 8.88. The highest BCUT2D eigenvalue weighted by atomic mass is 32.2. The van der Waals surface area contributed by atoms with Gasteiger partial charge in [0.05, 0.1) is 19.1 Å². The monoisotopic (exact) mass is 408 g/mol. The quantitative estimate of drug-likeness (QED) is 0.648. The molecule has 0 saturated heterocycles. The van der Waals surface area contributed by atoms with Crippen LogP contribution in [0.15, 0.2) is 48.5 Å². The van der Waals surface area contributed by atoms with E-state index in [0.717, 1.165) is 16.1 Å². The number of methoxy groups -OCH3 is 1. The molecule has 0 radical (unpaired) electrons. The average Bonchev–Trinajstić information content (AvgIpc) is 2.66. The van der Waals surface area contributed by atoms with E-state index in [2.05, 4.69) is 5.32 Å². The van der Waals surface area contributed by atoms with Crippen molar-refractivity contribution in [2.24, 2.45) is 0 Å². The van der Waals surface area contributed by atoms with Crippen LogP contribution in [0, 0.1) is 5.82 Å². The van der Waals surface area contributed by atoms with Crippen LogP contribution in [0.25, 0.3) is 0 Å². The van der Waals surface area contributed by atoms with Crippen LogP contribution in [-0.2, 0) is 21.2 Å². The van der Waals surface area contributed by atoms with Gasteiger partial charge in [-0.1, -0.05) is 12.1 Å². The summed E-state index contributed by atoms with van der Waals surface area (Å²) >= 11 is 0. The summed E-state index contributed by atoms with van der Waals surface area (Å²) in [5.74, 6) is -0.0827. The van der Waals surface area contributed by atoms with E-state index in [1.807, 2.05) is 0 Å². The number of nitrogens with one attached hydrogen (secondary N) is 1. The maximum absolute atomic E-state index is 12.9. The molecule has 0 unspecified atom stereocenters. The highest BCUT2D eigenvalue weighted by Crippen LogP contribution is 2.23. The summed E-state index contributed by atoms with van der Waals surface area (Å²) < 4.78 is 43.6. The first kappa shape index (κ1) is 21.7. The Morgan fingerprint density at radius 2 is 1.75 bits per heavy atom. The van der Waals surface area contributed by atoms with Crippen molar-refractivity contribution in [1.29, 1.82) is 0 Å². The number of hydrogen-bond donors (Lipinski definition) is 1. The van der Waals surface area contributed by atoms with Crippen molar-refractivity contribution in [1.82, 2.24) is 5.32 Å². The number of hydrogen-bond acceptors (Lipinski definition) is 4. The second-order valence-electron chi connectivity index (χ2n) is 6.45. The van der Waals surface area contributed by atoms with Crippen LogP contribution in [0.5, 0.6) is 5.75 Å². The van der Waals surface area contributed by atoms with Gasteiger partial charge >= 0.3 is 0 Å². The summed E-state index contributed by atoms with van der Waals surface area (Å²) in [6.07, 6.45) is 2.41. The molecule has 2 aromatic carbocycles. The summed E-state index contributed by atoms with van der Waals surface area (Å²) in [6, 6.07) is 11.8. The van der Waals surface area contributed by atoms with Crippen molar-refractivity contribution in [2.75, 3.05) is 24.2 Å². The first-order valence-corrected chi connectivity index (χ1v) is 10.7. The van der Waals surface area contributed by atoms with Gasteiger partial charge in [-0.2, -0.15) is 0 Å². The minimum atomic E-state index is -3.66. The molecular formula is C20H25FN2O4S. The van der Waals surface area contributed by atoms with Crippen LogP contribution < -0.4 is 14.4 Å². The number of ether oxygens (including phenoxy) is 1. The van der Waals surface area contributed by atoms with Crippen LogP contribution in [0.4, 0.5) is 10.1 Å². The number of carbonyl (C=O) groups excluding carboxylic acids is 1. The minimum absolute atomic E-state index is 0.287. The number of nitrogens with zero attached hydrogens (tertiary/aromatic N) is 1. The Morgan fingerprint density at radius 3 is 2.29 bits per heavy atom. The Bertz CT molecular complexity index is 883. The van der Waals surface area contributed by atoms with E-state index in [4.69, 9.17) is 4.74 Å². The number of sulfonamides is 1. The van der Waals surface area contributed by atoms with Crippen molar-refractivity contribution in [3.8, 4) is 5.75 Å². The molecule has 1 amide bonds. The summed E-state index contributed by atoms with van der Waals surface area (Å²) in [7, 11) is -2.14. The molecular weight excluding hydrogens is 383 g/mol. The molecule has 2 rings (SSSR count). The van der Waals surface area contributed by atoms with Crippen molar-refractivity contribution in [3.63, 3.8) is 0 Å². The van der Waals surface area contributed by atoms with Gasteiger partial charge in [0, 0.05) is 6.54 Å². The van der Waals surface area contributed by atoms with Crippen LogP contribution in [0.1, 0.15) is 18.9 Å². The second-order valence-corrected chi connectivity index (χ2v) is 8.31. The number of benzene rings is 2. The third-order valence-corrected chi connectivity index (χ3v) is 5.51. The number of rotatable bonds is 9. The van der Waals surface area contributed by atoms with Gasteiger partial charge in [0.2, 0.25) is 15.9 Å². The molecule has 0 bridgehead atoms. The van der Waals surface area contributed by atoms with E-state index in [9.17, 15) is 17.6 Å². The van der Waals surface area contributed by atoms with E-state index < -0.39 is 16.1 Å². The molecule has 8 heteroatoms. The smallest absolute Gasteiger partial charge is 0.243 e. The Labute approximate surface area is 165 Å². The fraction of sp³-hybridized carbons (Fsp3) is 0.350. The zero-order valence-corrected chi connectivity index (χ0v) is 17.0. The summed E-state index contributed by atoms with van der Waals surface area (Å²) in [5.41, 5.74) is 1.36. The average molecular weight is 408 g/mol. The van der Waals surface area contributed by atoms with E-state index in [1.54, 1.807) is 43.3 Å². The Hall–Kier alpha value is -2.61. The van der Waals surface area contributed by atoms with Gasteiger partial charge in [0.15, 0.2) is 0 Å². The third kappa shape index (κ3) is 5.95. The molecule has 6 nitrogen and oxygen atoms in total. The molecule has 28 heavy (non-hydrogen) atoms. The highest BCUT2D eigenvalue weighted by Gasteiger charge is 2.28. The zero-order chi connectivity index (χ0) is 20.7. The summed E-state index contributed by atoms with van der Waals surface area (Å²) in [4.78, 5) is 12.5. The minimum Gasteiger partial charge on any atom is -0.497 e. The topological polar surface area (TPSA) is 75.7 Å². The first-order chi connectivity index (χ1) is 13.2. The molecule has 0 saturated carbocycles. The predicted molar refractivity (Wildman–Crippen MR) is 108 cm³/mol.